The highest BCUT2D eigenvalue weighted by molar-refractivity contribution is 5.47. The molecule has 1 aliphatic heterocycles. The van der Waals surface area contributed by atoms with Crippen molar-refractivity contribution in [1.29, 1.82) is 0 Å². The van der Waals surface area contributed by atoms with Gasteiger partial charge in [0.2, 0.25) is 5.95 Å². The predicted octanol–water partition coefficient (Wildman–Crippen LogP) is 3.34. The number of benzene rings is 1. The maximum absolute atomic E-state index is 5.41. The molecule has 1 aliphatic carbocycles. The first-order chi connectivity index (χ1) is 12.0. The molecule has 1 unspecified atom stereocenters. The van der Waals surface area contributed by atoms with E-state index in [1.807, 2.05) is 0 Å². The van der Waals surface area contributed by atoms with Crippen LogP contribution in [0.3, 0.4) is 0 Å². The van der Waals surface area contributed by atoms with Crippen LogP contribution >= 0.6 is 0 Å². The molecule has 4 rings (SSSR count). The van der Waals surface area contributed by atoms with E-state index in [-0.39, 0.29) is 11.6 Å². The maximum Gasteiger partial charge on any atom is 0.246 e. The molecule has 1 saturated carbocycles. The Kier molecular flexibility index (Phi) is 3.93. The molecule has 2 aromatic rings. The van der Waals surface area contributed by atoms with Gasteiger partial charge in [0.1, 0.15) is 5.75 Å². The number of nitrogens with zero attached hydrogens (tertiary/aromatic N) is 5. The highest BCUT2D eigenvalue weighted by Crippen LogP contribution is 2.43. The quantitative estimate of drug-likeness (QED) is 0.854. The first-order valence-electron chi connectivity index (χ1n) is 9.26. The van der Waals surface area contributed by atoms with E-state index in [1.54, 1.807) is 7.11 Å². The van der Waals surface area contributed by atoms with Crippen molar-refractivity contribution in [1.82, 2.24) is 20.2 Å². The van der Waals surface area contributed by atoms with Crippen molar-refractivity contribution in [3.63, 3.8) is 0 Å². The van der Waals surface area contributed by atoms with Crippen molar-refractivity contribution >= 4 is 5.95 Å². The molecule has 0 spiro atoms. The summed E-state index contributed by atoms with van der Waals surface area (Å²) >= 11 is 0. The molecule has 1 atom stereocenters. The van der Waals surface area contributed by atoms with Crippen molar-refractivity contribution < 1.29 is 4.74 Å². The summed E-state index contributed by atoms with van der Waals surface area (Å²) in [4.78, 5) is 2.41. The highest BCUT2D eigenvalue weighted by Gasteiger charge is 2.40. The Labute approximate surface area is 149 Å². The molecule has 1 fully saturated rings. The van der Waals surface area contributed by atoms with Crippen molar-refractivity contribution in [2.24, 2.45) is 5.92 Å². The Morgan fingerprint density at radius 3 is 2.72 bits per heavy atom. The molecule has 0 amide bonds. The lowest BCUT2D eigenvalue weighted by Crippen LogP contribution is -2.44. The summed E-state index contributed by atoms with van der Waals surface area (Å²) in [7, 11) is 1.73. The molecular formula is C19H27N5O. The third-order valence-corrected chi connectivity index (χ3v) is 5.91. The lowest BCUT2D eigenvalue weighted by molar-refractivity contribution is 0.146. The van der Waals surface area contributed by atoms with E-state index >= 15 is 0 Å². The van der Waals surface area contributed by atoms with E-state index in [0.717, 1.165) is 37.5 Å². The Hall–Kier alpha value is -2.11. The molecule has 134 valence electrons. The van der Waals surface area contributed by atoms with Crippen molar-refractivity contribution in [3.05, 3.63) is 29.3 Å². The van der Waals surface area contributed by atoms with Crippen LogP contribution in [0, 0.1) is 5.92 Å². The van der Waals surface area contributed by atoms with E-state index in [4.69, 9.17) is 4.74 Å². The number of methoxy groups -OCH3 is 1. The Bertz CT molecular complexity index is 765. The van der Waals surface area contributed by atoms with Gasteiger partial charge in [0.25, 0.3) is 0 Å². The van der Waals surface area contributed by atoms with Gasteiger partial charge in [-0.05, 0) is 72.2 Å². The topological polar surface area (TPSA) is 56.1 Å². The second-order valence-corrected chi connectivity index (χ2v) is 7.94. The fourth-order valence-electron chi connectivity index (χ4n) is 4.32. The lowest BCUT2D eigenvalue weighted by Gasteiger charge is -2.44. The molecule has 25 heavy (non-hydrogen) atoms. The lowest BCUT2D eigenvalue weighted by atomic mass is 9.78. The number of rotatable bonds is 4. The largest absolute Gasteiger partial charge is 0.497 e. The molecule has 6 nitrogen and oxygen atoms in total. The van der Waals surface area contributed by atoms with E-state index in [1.165, 1.54) is 17.5 Å². The van der Waals surface area contributed by atoms with Crippen LogP contribution in [0.25, 0.3) is 0 Å². The Morgan fingerprint density at radius 1 is 1.28 bits per heavy atom. The molecule has 1 aromatic heterocycles. The normalized spacial score (nSPS) is 21.8. The molecule has 0 radical (unpaired) electrons. The first kappa shape index (κ1) is 16.4. The van der Waals surface area contributed by atoms with E-state index < -0.39 is 0 Å². The number of aromatic nitrogens is 4. The molecule has 0 saturated heterocycles. The minimum absolute atomic E-state index is 0.0700. The average molecular weight is 341 g/mol. The maximum atomic E-state index is 5.41. The number of tetrazole rings is 1. The molecule has 2 aliphatic rings. The average Bonchev–Trinajstić information content (AvgIpc) is 3.07. The molecular weight excluding hydrogens is 314 g/mol. The molecule has 0 N–H and O–H groups in total. The number of ether oxygens (including phenoxy) is 1. The molecule has 0 bridgehead atoms. The SMILES string of the molecule is COc1ccc2c(c1)CCN(c1nnnn1C1(C)CCC1)C2C(C)C. The van der Waals surface area contributed by atoms with E-state index in [9.17, 15) is 0 Å². The van der Waals surface area contributed by atoms with Gasteiger partial charge in [-0.25, -0.2) is 4.68 Å². The second kappa shape index (κ2) is 6.00. The number of hydrogen-bond donors (Lipinski definition) is 0. The smallest absolute Gasteiger partial charge is 0.246 e. The summed E-state index contributed by atoms with van der Waals surface area (Å²) in [5, 5.41) is 12.8. The summed E-state index contributed by atoms with van der Waals surface area (Å²) < 4.78 is 7.48. The molecule has 1 aromatic carbocycles. The van der Waals surface area contributed by atoms with Crippen LogP contribution in [-0.2, 0) is 12.0 Å². The van der Waals surface area contributed by atoms with Gasteiger partial charge in [-0.3, -0.25) is 0 Å². The van der Waals surface area contributed by atoms with Gasteiger partial charge in [0.05, 0.1) is 18.7 Å². The monoisotopic (exact) mass is 341 g/mol. The Balaban J connectivity index is 1.74. The van der Waals surface area contributed by atoms with E-state index in [0.29, 0.717) is 5.92 Å². The van der Waals surface area contributed by atoms with Gasteiger partial charge in [-0.1, -0.05) is 25.0 Å². The van der Waals surface area contributed by atoms with Crippen LogP contribution in [0.2, 0.25) is 0 Å². The standard InChI is InChI=1S/C19H27N5O/c1-13(2)17-16-7-6-15(25-4)12-14(16)8-11-23(17)18-20-21-22-24(18)19(3)9-5-10-19/h6-7,12-13,17H,5,8-11H2,1-4H3. The van der Waals surface area contributed by atoms with Crippen LogP contribution in [-0.4, -0.2) is 33.9 Å². The summed E-state index contributed by atoms with van der Waals surface area (Å²) in [6.45, 7) is 7.75. The third kappa shape index (κ3) is 2.58. The van der Waals surface area contributed by atoms with Crippen LogP contribution < -0.4 is 9.64 Å². The predicted molar refractivity (Wildman–Crippen MR) is 96.9 cm³/mol. The zero-order valence-electron chi connectivity index (χ0n) is 15.6. The number of hydrogen-bond acceptors (Lipinski definition) is 5. The summed E-state index contributed by atoms with van der Waals surface area (Å²) in [6.07, 6.45) is 4.55. The van der Waals surface area contributed by atoms with Crippen molar-refractivity contribution in [3.8, 4) is 5.75 Å². The Morgan fingerprint density at radius 2 is 2.08 bits per heavy atom. The third-order valence-electron chi connectivity index (χ3n) is 5.91. The van der Waals surface area contributed by atoms with Gasteiger partial charge < -0.3 is 9.64 Å². The summed E-state index contributed by atoms with van der Waals surface area (Å²) in [5.74, 6) is 2.32. The number of fused-ring (bicyclic) bond motifs is 1. The fourth-order valence-corrected chi connectivity index (χ4v) is 4.32. The van der Waals surface area contributed by atoms with Gasteiger partial charge in [-0.2, -0.15) is 0 Å². The zero-order valence-corrected chi connectivity index (χ0v) is 15.6. The van der Waals surface area contributed by atoms with Gasteiger partial charge in [-0.15, -0.1) is 0 Å². The molecule has 2 heterocycles. The van der Waals surface area contributed by atoms with Crippen LogP contribution in [0.15, 0.2) is 18.2 Å². The van der Waals surface area contributed by atoms with E-state index in [2.05, 4.69) is 64.1 Å². The van der Waals surface area contributed by atoms with Crippen LogP contribution in [0.1, 0.15) is 57.2 Å². The first-order valence-corrected chi connectivity index (χ1v) is 9.26. The minimum atomic E-state index is 0.0700. The van der Waals surface area contributed by atoms with Crippen LogP contribution in [0.4, 0.5) is 5.95 Å². The van der Waals surface area contributed by atoms with Crippen molar-refractivity contribution in [2.75, 3.05) is 18.6 Å². The van der Waals surface area contributed by atoms with Gasteiger partial charge >= 0.3 is 0 Å². The fraction of sp³-hybridized carbons (Fsp3) is 0.632. The molecule has 6 heteroatoms. The van der Waals surface area contributed by atoms with Gasteiger partial charge in [0, 0.05) is 6.54 Å². The number of anilines is 1. The van der Waals surface area contributed by atoms with Gasteiger partial charge in [0.15, 0.2) is 0 Å². The second-order valence-electron chi connectivity index (χ2n) is 7.94. The zero-order chi connectivity index (χ0) is 17.6. The summed E-state index contributed by atoms with van der Waals surface area (Å²) in [5.41, 5.74) is 2.82. The minimum Gasteiger partial charge on any atom is -0.497 e. The summed E-state index contributed by atoms with van der Waals surface area (Å²) in [6, 6.07) is 6.74. The van der Waals surface area contributed by atoms with Crippen LogP contribution in [0.5, 0.6) is 5.75 Å². The highest BCUT2D eigenvalue weighted by atomic mass is 16.5. The van der Waals surface area contributed by atoms with Crippen molar-refractivity contribution in [2.45, 2.75) is 58.0 Å².